The van der Waals surface area contributed by atoms with Crippen molar-refractivity contribution in [2.45, 2.75) is 51.1 Å². The van der Waals surface area contributed by atoms with Crippen molar-refractivity contribution in [1.29, 1.82) is 0 Å². The van der Waals surface area contributed by atoms with Crippen LogP contribution in [-0.4, -0.2) is 24.5 Å². The van der Waals surface area contributed by atoms with E-state index < -0.39 is 0 Å². The van der Waals surface area contributed by atoms with Gasteiger partial charge in [0.1, 0.15) is 6.04 Å². The number of imide groups is 1. The van der Waals surface area contributed by atoms with E-state index in [1.807, 2.05) is 16.8 Å². The summed E-state index contributed by atoms with van der Waals surface area (Å²) in [6.45, 7) is 4.63. The number of rotatable bonds is 8. The Morgan fingerprint density at radius 2 is 1.89 bits per heavy atom. The highest BCUT2D eigenvalue weighted by Crippen LogP contribution is 2.25. The van der Waals surface area contributed by atoms with E-state index in [4.69, 9.17) is 0 Å². The fraction of sp³-hybridized carbons (Fsp3) is 0.429. The number of hydrogen-bond donors (Lipinski definition) is 3. The number of carbonyl (C=O) groups is 2. The van der Waals surface area contributed by atoms with Crippen LogP contribution in [0.3, 0.4) is 0 Å². The van der Waals surface area contributed by atoms with Crippen LogP contribution >= 0.6 is 11.3 Å². The molecule has 1 aliphatic rings. The van der Waals surface area contributed by atoms with Crippen LogP contribution in [0.15, 0.2) is 41.8 Å². The highest BCUT2D eigenvalue weighted by atomic mass is 32.1. The monoisotopic (exact) mass is 386 g/mol. The van der Waals surface area contributed by atoms with E-state index in [9.17, 15) is 9.59 Å². The average Bonchev–Trinajstić information content (AvgIpc) is 3.31. The van der Waals surface area contributed by atoms with Crippen LogP contribution < -0.4 is 16.0 Å². The maximum absolute atomic E-state index is 12.1. The maximum Gasteiger partial charge on any atom is 0.321 e. The van der Waals surface area contributed by atoms with Gasteiger partial charge in [0.15, 0.2) is 6.54 Å². The lowest BCUT2D eigenvalue weighted by atomic mass is 9.95. The van der Waals surface area contributed by atoms with Crippen molar-refractivity contribution in [3.05, 3.63) is 57.8 Å². The Kier molecular flexibility index (Phi) is 6.63. The second kappa shape index (κ2) is 9.15. The standard InChI is InChI=1S/C21H27N3O2S/c1-3-14(2)15-6-8-16(9-7-15)20(18-5-4-12-27-18)22-13-19(25)24-21(26)23-17-10-11-17/h4-9,12,14,17,20,22H,3,10-11,13H2,1-2H3,(H2,23,24,25,26)/p+1/t14-,20-/m1/s1. The molecule has 0 spiro atoms. The Hall–Kier alpha value is -2.18. The largest absolute Gasteiger partial charge is 0.335 e. The van der Waals surface area contributed by atoms with E-state index >= 15 is 0 Å². The molecule has 0 aliphatic heterocycles. The molecule has 3 rings (SSSR count). The maximum atomic E-state index is 12.1. The SMILES string of the molecule is CC[C@@H](C)c1ccc([C@@H]([NH2+]CC(=O)NC(=O)NC2CC2)c2cccs2)cc1. The number of nitrogens with two attached hydrogens (primary N) is 1. The zero-order valence-electron chi connectivity index (χ0n) is 15.9. The Balaban J connectivity index is 1.63. The van der Waals surface area contributed by atoms with Gasteiger partial charge >= 0.3 is 6.03 Å². The smallest absolute Gasteiger partial charge is 0.321 e. The molecule has 5 nitrogen and oxygen atoms in total. The molecule has 2 atom stereocenters. The van der Waals surface area contributed by atoms with Crippen LogP contribution in [0, 0.1) is 0 Å². The molecule has 0 radical (unpaired) electrons. The second-order valence-electron chi connectivity index (χ2n) is 7.20. The molecule has 1 heterocycles. The summed E-state index contributed by atoms with van der Waals surface area (Å²) in [4.78, 5) is 25.1. The molecule has 1 aromatic carbocycles. The molecule has 1 saturated carbocycles. The number of amides is 3. The fourth-order valence-corrected chi connectivity index (χ4v) is 3.85. The predicted molar refractivity (Wildman–Crippen MR) is 108 cm³/mol. The van der Waals surface area contributed by atoms with Crippen molar-refractivity contribution >= 4 is 23.3 Å². The minimum Gasteiger partial charge on any atom is -0.335 e. The van der Waals surface area contributed by atoms with Crippen molar-refractivity contribution in [3.8, 4) is 0 Å². The first-order chi connectivity index (χ1) is 13.1. The highest BCUT2D eigenvalue weighted by molar-refractivity contribution is 7.10. The lowest BCUT2D eigenvalue weighted by molar-refractivity contribution is -0.676. The van der Waals surface area contributed by atoms with E-state index in [2.05, 4.69) is 54.8 Å². The summed E-state index contributed by atoms with van der Waals surface area (Å²) in [5.74, 6) is 0.268. The van der Waals surface area contributed by atoms with Gasteiger partial charge in [-0.15, -0.1) is 11.3 Å². The van der Waals surface area contributed by atoms with Crippen molar-refractivity contribution < 1.29 is 14.9 Å². The van der Waals surface area contributed by atoms with Crippen molar-refractivity contribution in [2.24, 2.45) is 0 Å². The van der Waals surface area contributed by atoms with Crippen LogP contribution in [0.1, 0.15) is 61.1 Å². The number of carbonyl (C=O) groups excluding carboxylic acids is 2. The topological polar surface area (TPSA) is 74.8 Å². The minimum atomic E-state index is -0.388. The van der Waals surface area contributed by atoms with Gasteiger partial charge in [0, 0.05) is 11.6 Å². The number of benzene rings is 1. The van der Waals surface area contributed by atoms with E-state index in [0.29, 0.717) is 5.92 Å². The first-order valence-electron chi connectivity index (χ1n) is 9.63. The van der Waals surface area contributed by atoms with Crippen molar-refractivity contribution in [1.82, 2.24) is 10.6 Å². The van der Waals surface area contributed by atoms with Crippen LogP contribution in [0.4, 0.5) is 4.79 Å². The highest BCUT2D eigenvalue weighted by Gasteiger charge is 2.25. The van der Waals surface area contributed by atoms with E-state index in [1.54, 1.807) is 11.3 Å². The summed E-state index contributed by atoms with van der Waals surface area (Å²) in [5.41, 5.74) is 2.50. The van der Waals surface area contributed by atoms with Gasteiger partial charge in [-0.05, 0) is 42.2 Å². The molecule has 0 unspecified atom stereocenters. The number of nitrogens with one attached hydrogen (secondary N) is 2. The molecule has 2 aromatic rings. The van der Waals surface area contributed by atoms with Crippen molar-refractivity contribution in [2.75, 3.05) is 6.54 Å². The predicted octanol–water partition coefficient (Wildman–Crippen LogP) is 2.90. The van der Waals surface area contributed by atoms with Gasteiger partial charge < -0.3 is 10.6 Å². The van der Waals surface area contributed by atoms with Crippen LogP contribution in [0.2, 0.25) is 0 Å². The van der Waals surface area contributed by atoms with Gasteiger partial charge in [0.05, 0.1) is 4.88 Å². The third-order valence-electron chi connectivity index (χ3n) is 5.03. The van der Waals surface area contributed by atoms with Gasteiger partial charge in [-0.3, -0.25) is 10.1 Å². The first-order valence-corrected chi connectivity index (χ1v) is 10.5. The van der Waals surface area contributed by atoms with Gasteiger partial charge in [0.25, 0.3) is 5.91 Å². The molecule has 0 bridgehead atoms. The van der Waals surface area contributed by atoms with Gasteiger partial charge in [0.2, 0.25) is 0 Å². The lowest BCUT2D eigenvalue weighted by Crippen LogP contribution is -2.87. The molecule has 0 saturated heterocycles. The minimum absolute atomic E-state index is 0.0493. The fourth-order valence-electron chi connectivity index (χ4n) is 3.00. The molecular weight excluding hydrogens is 358 g/mol. The van der Waals surface area contributed by atoms with E-state index in [0.717, 1.165) is 19.3 Å². The molecule has 4 N–H and O–H groups in total. The molecule has 1 aromatic heterocycles. The third-order valence-corrected chi connectivity index (χ3v) is 5.99. The molecule has 1 aliphatic carbocycles. The molecule has 6 heteroatoms. The lowest BCUT2D eigenvalue weighted by Gasteiger charge is -2.16. The molecule has 144 valence electrons. The summed E-state index contributed by atoms with van der Waals surface area (Å²) in [6.07, 6.45) is 3.12. The summed E-state index contributed by atoms with van der Waals surface area (Å²) in [6, 6.07) is 12.7. The van der Waals surface area contributed by atoms with Crippen LogP contribution in [0.25, 0.3) is 0 Å². The molecular formula is C21H28N3O2S+. The van der Waals surface area contributed by atoms with Gasteiger partial charge in [-0.25, -0.2) is 4.79 Å². The van der Waals surface area contributed by atoms with Gasteiger partial charge in [-0.1, -0.05) is 44.2 Å². The summed E-state index contributed by atoms with van der Waals surface area (Å²) in [5, 5.41) is 9.23. The Labute approximate surface area is 164 Å². The molecule has 3 amide bonds. The van der Waals surface area contributed by atoms with E-state index in [-0.39, 0.29) is 30.6 Å². The zero-order valence-corrected chi connectivity index (χ0v) is 16.7. The zero-order chi connectivity index (χ0) is 19.2. The Morgan fingerprint density at radius 3 is 2.48 bits per heavy atom. The second-order valence-corrected chi connectivity index (χ2v) is 8.18. The van der Waals surface area contributed by atoms with Crippen LogP contribution in [0.5, 0.6) is 0 Å². The van der Waals surface area contributed by atoms with Crippen molar-refractivity contribution in [3.63, 3.8) is 0 Å². The number of thiophene rings is 1. The average molecular weight is 387 g/mol. The third kappa shape index (κ3) is 5.65. The molecule has 1 fully saturated rings. The Bertz CT molecular complexity index is 754. The summed E-state index contributed by atoms with van der Waals surface area (Å²) < 4.78 is 0. The number of quaternary nitrogens is 1. The number of hydrogen-bond acceptors (Lipinski definition) is 3. The molecule has 27 heavy (non-hydrogen) atoms. The number of urea groups is 1. The Morgan fingerprint density at radius 1 is 1.19 bits per heavy atom. The first kappa shape index (κ1) is 19.6. The quantitative estimate of drug-likeness (QED) is 0.653. The van der Waals surface area contributed by atoms with Crippen LogP contribution in [-0.2, 0) is 4.79 Å². The van der Waals surface area contributed by atoms with Gasteiger partial charge in [-0.2, -0.15) is 0 Å². The summed E-state index contributed by atoms with van der Waals surface area (Å²) in [7, 11) is 0. The van der Waals surface area contributed by atoms with E-state index in [1.165, 1.54) is 16.0 Å². The summed E-state index contributed by atoms with van der Waals surface area (Å²) >= 11 is 1.68. The normalized spacial score (nSPS) is 15.8.